The van der Waals surface area contributed by atoms with E-state index >= 15 is 0 Å². The van der Waals surface area contributed by atoms with Crippen molar-refractivity contribution in [2.24, 2.45) is 5.92 Å². The molecule has 0 unspecified atom stereocenters. The van der Waals surface area contributed by atoms with Gasteiger partial charge in [-0.15, -0.1) is 12.4 Å². The third-order valence-electron chi connectivity index (χ3n) is 5.49. The monoisotopic (exact) mass is 378 g/mol. The molecular formula is C21H31ClN2O2. The summed E-state index contributed by atoms with van der Waals surface area (Å²) in [6, 6.07) is 8.30. The number of hydrogen-bond donors (Lipinski definition) is 1. The van der Waals surface area contributed by atoms with Gasteiger partial charge in [-0.3, -0.25) is 9.59 Å². The second kappa shape index (κ2) is 10.1. The summed E-state index contributed by atoms with van der Waals surface area (Å²) in [7, 11) is 0. The smallest absolute Gasteiger partial charge is 0.223 e. The summed E-state index contributed by atoms with van der Waals surface area (Å²) in [5.74, 6) is 1.09. The van der Waals surface area contributed by atoms with Gasteiger partial charge in [-0.25, -0.2) is 0 Å². The van der Waals surface area contributed by atoms with Gasteiger partial charge in [0.05, 0.1) is 0 Å². The van der Waals surface area contributed by atoms with Crippen LogP contribution in [0.2, 0.25) is 0 Å². The fraction of sp³-hybridized carbons (Fsp3) is 0.619. The van der Waals surface area contributed by atoms with Gasteiger partial charge in [-0.05, 0) is 50.1 Å². The Hall–Kier alpha value is -1.39. The molecule has 1 aliphatic carbocycles. The molecule has 5 heteroatoms. The van der Waals surface area contributed by atoms with Crippen LogP contribution in [0.4, 0.5) is 0 Å². The molecule has 0 atom stereocenters. The van der Waals surface area contributed by atoms with Crippen LogP contribution in [0.15, 0.2) is 24.3 Å². The van der Waals surface area contributed by atoms with E-state index in [1.165, 1.54) is 18.4 Å². The molecule has 0 spiro atoms. The van der Waals surface area contributed by atoms with Crippen LogP contribution in [0.25, 0.3) is 0 Å². The number of nitrogens with zero attached hydrogens (tertiary/aromatic N) is 1. The zero-order valence-electron chi connectivity index (χ0n) is 15.7. The van der Waals surface area contributed by atoms with E-state index in [4.69, 9.17) is 0 Å². The summed E-state index contributed by atoms with van der Waals surface area (Å²) in [5, 5.41) is 3.63. The maximum absolute atomic E-state index is 12.4. The molecule has 0 radical (unpaired) electrons. The molecule has 1 heterocycles. The highest BCUT2D eigenvalue weighted by atomic mass is 35.5. The number of ketones is 1. The summed E-state index contributed by atoms with van der Waals surface area (Å²) < 4.78 is 0. The Kier molecular flexibility index (Phi) is 8.11. The number of piperidine rings is 1. The lowest BCUT2D eigenvalue weighted by atomic mass is 10.0. The van der Waals surface area contributed by atoms with Gasteiger partial charge in [0.25, 0.3) is 0 Å². The van der Waals surface area contributed by atoms with E-state index in [1.807, 2.05) is 29.2 Å². The fourth-order valence-corrected chi connectivity index (χ4v) is 3.44. The highest BCUT2D eigenvalue weighted by Gasteiger charge is 2.26. The molecule has 0 bridgehead atoms. The van der Waals surface area contributed by atoms with Crippen molar-refractivity contribution in [1.29, 1.82) is 0 Å². The molecule has 1 aromatic rings. The van der Waals surface area contributed by atoms with Crippen LogP contribution in [0.5, 0.6) is 0 Å². The predicted molar refractivity (Wildman–Crippen MR) is 107 cm³/mol. The molecule has 4 nitrogen and oxygen atoms in total. The Balaban J connectivity index is 0.00000243. The average molecular weight is 379 g/mol. The zero-order valence-corrected chi connectivity index (χ0v) is 16.5. The van der Waals surface area contributed by atoms with Crippen molar-refractivity contribution in [3.8, 4) is 0 Å². The summed E-state index contributed by atoms with van der Waals surface area (Å²) in [4.78, 5) is 26.6. The predicted octanol–water partition coefficient (Wildman–Crippen LogP) is 3.62. The van der Waals surface area contributed by atoms with E-state index in [2.05, 4.69) is 12.2 Å². The molecule has 2 fully saturated rings. The van der Waals surface area contributed by atoms with Gasteiger partial charge in [-0.1, -0.05) is 31.2 Å². The van der Waals surface area contributed by atoms with Crippen LogP contribution < -0.4 is 5.32 Å². The largest absolute Gasteiger partial charge is 0.343 e. The van der Waals surface area contributed by atoms with Crippen molar-refractivity contribution >= 4 is 24.1 Å². The van der Waals surface area contributed by atoms with Crippen molar-refractivity contribution in [1.82, 2.24) is 10.2 Å². The molecular weight excluding hydrogens is 348 g/mol. The van der Waals surface area contributed by atoms with E-state index < -0.39 is 0 Å². The fourth-order valence-electron chi connectivity index (χ4n) is 3.44. The molecule has 144 valence electrons. The number of hydrogen-bond acceptors (Lipinski definition) is 3. The Bertz CT molecular complexity index is 591. The van der Waals surface area contributed by atoms with Gasteiger partial charge >= 0.3 is 0 Å². The number of carbonyl (C=O) groups is 2. The topological polar surface area (TPSA) is 49.4 Å². The number of benzene rings is 1. The Morgan fingerprint density at radius 3 is 2.27 bits per heavy atom. The molecule has 1 aliphatic heterocycles. The van der Waals surface area contributed by atoms with E-state index in [0.29, 0.717) is 24.4 Å². The van der Waals surface area contributed by atoms with Crippen LogP contribution in [0, 0.1) is 5.92 Å². The second-order valence-electron chi connectivity index (χ2n) is 7.48. The normalized spacial score (nSPS) is 17.7. The highest BCUT2D eigenvalue weighted by molar-refractivity contribution is 5.98. The van der Waals surface area contributed by atoms with Gasteiger partial charge in [0.1, 0.15) is 0 Å². The lowest BCUT2D eigenvalue weighted by Gasteiger charge is -2.32. The first-order chi connectivity index (χ1) is 12.2. The summed E-state index contributed by atoms with van der Waals surface area (Å²) in [6.45, 7) is 4.88. The van der Waals surface area contributed by atoms with Crippen molar-refractivity contribution in [2.75, 3.05) is 19.6 Å². The van der Waals surface area contributed by atoms with E-state index in [9.17, 15) is 9.59 Å². The number of nitrogens with one attached hydrogen (secondary N) is 1. The Morgan fingerprint density at radius 2 is 1.69 bits per heavy atom. The van der Waals surface area contributed by atoms with Gasteiger partial charge in [-0.2, -0.15) is 0 Å². The summed E-state index contributed by atoms with van der Waals surface area (Å²) in [6.07, 6.45) is 6.42. The molecule has 0 aromatic heterocycles. The first-order valence-electron chi connectivity index (χ1n) is 9.79. The van der Waals surface area contributed by atoms with E-state index in [-0.39, 0.29) is 24.1 Å². The zero-order chi connectivity index (χ0) is 17.6. The highest BCUT2D eigenvalue weighted by Crippen LogP contribution is 2.28. The number of aryl methyl sites for hydroxylation is 1. The number of Topliss-reactive ketones (excluding diaryl/α,β-unsaturated/α-hetero) is 1. The number of halogens is 1. The number of likely N-dealkylation sites (tertiary alicyclic amines) is 1. The lowest BCUT2D eigenvalue weighted by molar-refractivity contribution is -0.132. The Labute approximate surface area is 163 Å². The van der Waals surface area contributed by atoms with Gasteiger partial charge < -0.3 is 10.2 Å². The van der Waals surface area contributed by atoms with Crippen molar-refractivity contribution in [3.05, 3.63) is 35.4 Å². The molecule has 1 amide bonds. The summed E-state index contributed by atoms with van der Waals surface area (Å²) in [5.41, 5.74) is 1.94. The van der Waals surface area contributed by atoms with Crippen molar-refractivity contribution in [2.45, 2.75) is 57.9 Å². The van der Waals surface area contributed by atoms with Crippen LogP contribution in [0.1, 0.15) is 61.4 Å². The molecule has 1 saturated heterocycles. The minimum atomic E-state index is 0. The maximum atomic E-state index is 12.4. The first-order valence-corrected chi connectivity index (χ1v) is 9.79. The molecule has 1 N–H and O–H groups in total. The van der Waals surface area contributed by atoms with Crippen LogP contribution in [-0.4, -0.2) is 42.3 Å². The number of amides is 1. The average Bonchev–Trinajstić information content (AvgIpc) is 3.49. The minimum absolute atomic E-state index is 0. The van der Waals surface area contributed by atoms with Gasteiger partial charge in [0, 0.05) is 37.5 Å². The third kappa shape index (κ3) is 6.10. The van der Waals surface area contributed by atoms with Crippen LogP contribution in [-0.2, 0) is 11.2 Å². The summed E-state index contributed by atoms with van der Waals surface area (Å²) >= 11 is 0. The standard InChI is InChI=1S/C21H30N2O2.ClH/c1-2-16-5-7-18(8-6-16)20(24)9-10-21(25)23-13-11-19(12-14-23)22-15-17-3-4-17;/h5-8,17,19,22H,2-4,9-15H2,1H3;1H. The van der Waals surface area contributed by atoms with Crippen LogP contribution in [0.3, 0.4) is 0 Å². The lowest BCUT2D eigenvalue weighted by Crippen LogP contribution is -2.45. The quantitative estimate of drug-likeness (QED) is 0.703. The molecule has 26 heavy (non-hydrogen) atoms. The third-order valence-corrected chi connectivity index (χ3v) is 5.49. The molecule has 1 saturated carbocycles. The number of rotatable bonds is 8. The SMILES string of the molecule is CCc1ccc(C(=O)CCC(=O)N2CCC(NCC3CC3)CC2)cc1.Cl. The van der Waals surface area contributed by atoms with Crippen LogP contribution >= 0.6 is 12.4 Å². The minimum Gasteiger partial charge on any atom is -0.343 e. The molecule has 3 rings (SSSR count). The van der Waals surface area contributed by atoms with Gasteiger partial charge in [0.2, 0.25) is 5.91 Å². The first kappa shape index (κ1) is 20.9. The molecule has 2 aliphatic rings. The number of carbonyl (C=O) groups excluding carboxylic acids is 2. The molecule has 1 aromatic carbocycles. The van der Waals surface area contributed by atoms with E-state index in [1.54, 1.807) is 0 Å². The van der Waals surface area contributed by atoms with Crippen molar-refractivity contribution in [3.63, 3.8) is 0 Å². The Morgan fingerprint density at radius 1 is 1.04 bits per heavy atom. The van der Waals surface area contributed by atoms with Gasteiger partial charge in [0.15, 0.2) is 5.78 Å². The van der Waals surface area contributed by atoms with E-state index in [0.717, 1.165) is 44.8 Å². The van der Waals surface area contributed by atoms with Crippen molar-refractivity contribution < 1.29 is 9.59 Å². The maximum Gasteiger partial charge on any atom is 0.223 e. The second-order valence-corrected chi connectivity index (χ2v) is 7.48.